The normalized spacial score (nSPS) is 38.9. The number of hydrogen-bond donors (Lipinski definition) is 1. The van der Waals surface area contributed by atoms with Gasteiger partial charge in [-0.15, -0.1) is 0 Å². The molecular formula is C10H18N2O. The molecule has 1 saturated heterocycles. The van der Waals surface area contributed by atoms with Crippen LogP contribution >= 0.6 is 0 Å². The number of carbonyl (C=O) groups excluding carboxylic acids is 1. The summed E-state index contributed by atoms with van der Waals surface area (Å²) in [6.45, 7) is 7.03. The standard InChI is InChI=1S/C10H18N2O/c1-7-5-9(7)10(13)12-4-3-11-8(2)6-12/h7-9,11H,3-6H2,1-2H3/t7?,8-,9?/m0/s1. The third-order valence-corrected chi connectivity index (χ3v) is 3.11. The molecule has 0 aromatic carbocycles. The zero-order chi connectivity index (χ0) is 9.42. The van der Waals surface area contributed by atoms with Crippen molar-refractivity contribution in [2.24, 2.45) is 11.8 Å². The van der Waals surface area contributed by atoms with Crippen LogP contribution in [0.25, 0.3) is 0 Å². The molecular weight excluding hydrogens is 164 g/mol. The lowest BCUT2D eigenvalue weighted by Gasteiger charge is -2.32. The molecule has 0 bridgehead atoms. The van der Waals surface area contributed by atoms with Gasteiger partial charge in [0.2, 0.25) is 5.91 Å². The van der Waals surface area contributed by atoms with Crippen molar-refractivity contribution in [1.29, 1.82) is 0 Å². The van der Waals surface area contributed by atoms with Gasteiger partial charge >= 0.3 is 0 Å². The predicted octanol–water partition coefficient (Wildman–Crippen LogP) is 0.463. The van der Waals surface area contributed by atoms with Gasteiger partial charge in [-0.1, -0.05) is 6.92 Å². The summed E-state index contributed by atoms with van der Waals surface area (Å²) in [6.07, 6.45) is 1.11. The van der Waals surface area contributed by atoms with Crippen LogP contribution in [0.15, 0.2) is 0 Å². The van der Waals surface area contributed by atoms with E-state index >= 15 is 0 Å². The first-order chi connectivity index (χ1) is 6.18. The summed E-state index contributed by atoms with van der Waals surface area (Å²) in [6, 6.07) is 0.465. The number of nitrogens with zero attached hydrogens (tertiary/aromatic N) is 1. The van der Waals surface area contributed by atoms with Crippen LogP contribution in [0.4, 0.5) is 0 Å². The fourth-order valence-electron chi connectivity index (χ4n) is 2.03. The van der Waals surface area contributed by atoms with Crippen molar-refractivity contribution in [2.75, 3.05) is 19.6 Å². The predicted molar refractivity (Wildman–Crippen MR) is 51.3 cm³/mol. The maximum Gasteiger partial charge on any atom is 0.226 e. The first-order valence-electron chi connectivity index (χ1n) is 5.20. The van der Waals surface area contributed by atoms with Crippen molar-refractivity contribution in [3.63, 3.8) is 0 Å². The van der Waals surface area contributed by atoms with Gasteiger partial charge in [-0.3, -0.25) is 4.79 Å². The number of carbonyl (C=O) groups is 1. The Morgan fingerprint density at radius 1 is 1.46 bits per heavy atom. The van der Waals surface area contributed by atoms with E-state index in [1.807, 2.05) is 4.90 Å². The van der Waals surface area contributed by atoms with Crippen molar-refractivity contribution in [3.05, 3.63) is 0 Å². The molecule has 1 heterocycles. The summed E-state index contributed by atoms with van der Waals surface area (Å²) >= 11 is 0. The zero-order valence-corrected chi connectivity index (χ0v) is 8.42. The van der Waals surface area contributed by atoms with E-state index in [9.17, 15) is 4.79 Å². The van der Waals surface area contributed by atoms with E-state index in [-0.39, 0.29) is 0 Å². The quantitative estimate of drug-likeness (QED) is 0.639. The summed E-state index contributed by atoms with van der Waals surface area (Å²) in [5.41, 5.74) is 0. The SMILES string of the molecule is CC1CC1C(=O)N1CCN[C@@H](C)C1. The second-order valence-electron chi connectivity index (χ2n) is 4.46. The smallest absolute Gasteiger partial charge is 0.226 e. The van der Waals surface area contributed by atoms with Crippen LogP contribution in [-0.4, -0.2) is 36.5 Å². The average molecular weight is 182 g/mol. The van der Waals surface area contributed by atoms with Crippen LogP contribution in [0.5, 0.6) is 0 Å². The second-order valence-corrected chi connectivity index (χ2v) is 4.46. The Bertz CT molecular complexity index is 217. The fourth-order valence-corrected chi connectivity index (χ4v) is 2.03. The van der Waals surface area contributed by atoms with Crippen LogP contribution < -0.4 is 5.32 Å². The van der Waals surface area contributed by atoms with Crippen molar-refractivity contribution in [1.82, 2.24) is 10.2 Å². The minimum Gasteiger partial charge on any atom is -0.340 e. The molecule has 74 valence electrons. The topological polar surface area (TPSA) is 32.3 Å². The third-order valence-electron chi connectivity index (χ3n) is 3.11. The summed E-state index contributed by atoms with van der Waals surface area (Å²) in [5.74, 6) is 1.38. The van der Waals surface area contributed by atoms with Crippen molar-refractivity contribution in [3.8, 4) is 0 Å². The molecule has 0 spiro atoms. The van der Waals surface area contributed by atoms with Gasteiger partial charge in [-0.25, -0.2) is 0 Å². The highest BCUT2D eigenvalue weighted by Gasteiger charge is 2.41. The van der Waals surface area contributed by atoms with E-state index in [0.29, 0.717) is 23.8 Å². The Morgan fingerprint density at radius 3 is 2.69 bits per heavy atom. The van der Waals surface area contributed by atoms with Gasteiger partial charge < -0.3 is 10.2 Å². The van der Waals surface area contributed by atoms with Crippen LogP contribution in [0.3, 0.4) is 0 Å². The molecule has 1 aliphatic carbocycles. The molecule has 2 fully saturated rings. The van der Waals surface area contributed by atoms with Crippen molar-refractivity contribution >= 4 is 5.91 Å². The lowest BCUT2D eigenvalue weighted by molar-refractivity contribution is -0.134. The Labute approximate surface area is 79.5 Å². The Kier molecular flexibility index (Phi) is 2.28. The Hall–Kier alpha value is -0.570. The number of amides is 1. The Morgan fingerprint density at radius 2 is 2.15 bits per heavy atom. The molecule has 3 heteroatoms. The molecule has 0 aromatic heterocycles. The van der Waals surface area contributed by atoms with Gasteiger partial charge in [0.05, 0.1) is 0 Å². The van der Waals surface area contributed by atoms with Gasteiger partial charge in [0.15, 0.2) is 0 Å². The lowest BCUT2D eigenvalue weighted by Crippen LogP contribution is -2.51. The van der Waals surface area contributed by atoms with Gasteiger partial charge in [0.25, 0.3) is 0 Å². The van der Waals surface area contributed by atoms with Gasteiger partial charge in [0.1, 0.15) is 0 Å². The Balaban J connectivity index is 1.88. The molecule has 13 heavy (non-hydrogen) atoms. The molecule has 1 N–H and O–H groups in total. The molecule has 0 aromatic rings. The van der Waals surface area contributed by atoms with Crippen LogP contribution in [0.1, 0.15) is 20.3 Å². The summed E-state index contributed by atoms with van der Waals surface area (Å²) < 4.78 is 0. The van der Waals surface area contributed by atoms with Gasteiger partial charge in [-0.2, -0.15) is 0 Å². The molecule has 2 rings (SSSR count). The van der Waals surface area contributed by atoms with Crippen molar-refractivity contribution < 1.29 is 4.79 Å². The first-order valence-corrected chi connectivity index (χ1v) is 5.20. The molecule has 1 amide bonds. The third kappa shape index (κ3) is 1.85. The van der Waals surface area contributed by atoms with Crippen LogP contribution in [-0.2, 0) is 4.79 Å². The maximum absolute atomic E-state index is 11.8. The average Bonchev–Trinajstić information content (AvgIpc) is 2.81. The lowest BCUT2D eigenvalue weighted by atomic mass is 10.2. The minimum atomic E-state index is 0.352. The first kappa shape index (κ1) is 9.00. The van der Waals surface area contributed by atoms with E-state index in [1.54, 1.807) is 0 Å². The molecule has 1 aliphatic heterocycles. The highest BCUT2D eigenvalue weighted by atomic mass is 16.2. The van der Waals surface area contributed by atoms with Crippen LogP contribution in [0, 0.1) is 11.8 Å². The van der Waals surface area contributed by atoms with E-state index in [4.69, 9.17) is 0 Å². The monoisotopic (exact) mass is 182 g/mol. The van der Waals surface area contributed by atoms with Gasteiger partial charge in [0, 0.05) is 31.6 Å². The van der Waals surface area contributed by atoms with E-state index in [1.165, 1.54) is 0 Å². The molecule has 0 radical (unpaired) electrons. The second kappa shape index (κ2) is 3.29. The molecule has 3 nitrogen and oxygen atoms in total. The number of nitrogens with one attached hydrogen (secondary N) is 1. The largest absolute Gasteiger partial charge is 0.340 e. The van der Waals surface area contributed by atoms with E-state index < -0.39 is 0 Å². The molecule has 2 unspecified atom stereocenters. The molecule has 1 saturated carbocycles. The summed E-state index contributed by atoms with van der Waals surface area (Å²) in [7, 11) is 0. The van der Waals surface area contributed by atoms with Gasteiger partial charge in [-0.05, 0) is 19.3 Å². The highest BCUT2D eigenvalue weighted by molar-refractivity contribution is 5.81. The minimum absolute atomic E-state index is 0.352. The number of piperazine rings is 1. The van der Waals surface area contributed by atoms with E-state index in [0.717, 1.165) is 26.1 Å². The summed E-state index contributed by atoms with van der Waals surface area (Å²) in [5, 5.41) is 3.34. The maximum atomic E-state index is 11.8. The number of rotatable bonds is 1. The fraction of sp³-hybridized carbons (Fsp3) is 0.900. The molecule has 3 atom stereocenters. The van der Waals surface area contributed by atoms with Crippen molar-refractivity contribution in [2.45, 2.75) is 26.3 Å². The number of hydrogen-bond acceptors (Lipinski definition) is 2. The van der Waals surface area contributed by atoms with Crippen LogP contribution in [0.2, 0.25) is 0 Å². The highest BCUT2D eigenvalue weighted by Crippen LogP contribution is 2.39. The molecule has 2 aliphatic rings. The van der Waals surface area contributed by atoms with E-state index in [2.05, 4.69) is 19.2 Å². The summed E-state index contributed by atoms with van der Waals surface area (Å²) in [4.78, 5) is 13.8. The zero-order valence-electron chi connectivity index (χ0n) is 8.42.